The van der Waals surface area contributed by atoms with Crippen molar-refractivity contribution < 1.29 is 41.1 Å². The number of piperidine rings is 1. The zero-order valence-corrected chi connectivity index (χ0v) is 20.0. The lowest BCUT2D eigenvalue weighted by molar-refractivity contribution is -0.274. The van der Waals surface area contributed by atoms with E-state index in [2.05, 4.69) is 9.64 Å². The number of hydrogen-bond acceptors (Lipinski definition) is 7. The fourth-order valence-corrected chi connectivity index (χ4v) is 6.12. The van der Waals surface area contributed by atoms with Gasteiger partial charge in [-0.25, -0.2) is 13.9 Å². The van der Waals surface area contributed by atoms with Gasteiger partial charge in [0.1, 0.15) is 17.2 Å². The van der Waals surface area contributed by atoms with Crippen molar-refractivity contribution in [3.8, 4) is 17.2 Å². The summed E-state index contributed by atoms with van der Waals surface area (Å²) in [7, 11) is -4.15. The van der Waals surface area contributed by atoms with Crippen LogP contribution in [0.15, 0.2) is 53.4 Å². The first-order chi connectivity index (χ1) is 16.0. The van der Waals surface area contributed by atoms with Crippen molar-refractivity contribution in [2.24, 2.45) is 0 Å². The number of benzene rings is 2. The van der Waals surface area contributed by atoms with Crippen LogP contribution in [0.3, 0.4) is 0 Å². The predicted octanol–water partition coefficient (Wildman–Crippen LogP) is 4.08. The monoisotopic (exact) mass is 536 g/mol. The first-order valence-electron chi connectivity index (χ1n) is 10.6. The van der Waals surface area contributed by atoms with Crippen molar-refractivity contribution in [3.05, 3.63) is 48.5 Å². The lowest BCUT2D eigenvalue weighted by Gasteiger charge is -2.39. The van der Waals surface area contributed by atoms with Crippen molar-refractivity contribution in [1.82, 2.24) is 10.4 Å². The molecule has 2 N–H and O–H groups in total. The van der Waals surface area contributed by atoms with E-state index in [1.807, 2.05) is 0 Å². The number of alkyl halides is 3. The Kier molecular flexibility index (Phi) is 7.89. The number of hydroxylamine groups is 1. The quantitative estimate of drug-likeness (QED) is 0.406. The van der Waals surface area contributed by atoms with E-state index >= 15 is 0 Å². The van der Waals surface area contributed by atoms with E-state index in [0.717, 1.165) is 25.0 Å². The number of sulfone groups is 1. The molecule has 1 saturated carbocycles. The maximum atomic E-state index is 13.5. The molecule has 2 aromatic rings. The summed E-state index contributed by atoms with van der Waals surface area (Å²) < 4.78 is 71.4. The number of ether oxygens (including phenoxy) is 2. The Labute approximate surface area is 206 Å². The number of amides is 1. The van der Waals surface area contributed by atoms with Crippen molar-refractivity contribution in [2.45, 2.75) is 47.7 Å². The van der Waals surface area contributed by atoms with Gasteiger partial charge in [-0.2, -0.15) is 0 Å². The van der Waals surface area contributed by atoms with Crippen LogP contribution >= 0.6 is 12.4 Å². The van der Waals surface area contributed by atoms with Crippen molar-refractivity contribution in [3.63, 3.8) is 0 Å². The summed E-state index contributed by atoms with van der Waals surface area (Å²) in [6.45, 7) is 0.874. The smallest absolute Gasteiger partial charge is 0.457 e. The van der Waals surface area contributed by atoms with Gasteiger partial charge in [0, 0.05) is 19.1 Å². The van der Waals surface area contributed by atoms with E-state index in [4.69, 9.17) is 4.74 Å². The Hall–Kier alpha value is -2.54. The van der Waals surface area contributed by atoms with E-state index in [1.54, 1.807) is 0 Å². The highest BCUT2D eigenvalue weighted by molar-refractivity contribution is 7.93. The van der Waals surface area contributed by atoms with Crippen LogP contribution in [0.1, 0.15) is 25.7 Å². The van der Waals surface area contributed by atoms with E-state index in [0.29, 0.717) is 19.1 Å². The zero-order chi connectivity index (χ0) is 24.6. The SMILES string of the molecule is Cl.O=C(NO)C1(S(=O)(=O)c2ccc(Oc3ccc(OC(F)(F)F)cc3)cc2)CCN(C2CC2)CC1. The lowest BCUT2D eigenvalue weighted by Crippen LogP contribution is -2.58. The van der Waals surface area contributed by atoms with Gasteiger partial charge in [0.15, 0.2) is 14.6 Å². The fourth-order valence-electron chi connectivity index (χ4n) is 4.17. The molecule has 2 aromatic carbocycles. The summed E-state index contributed by atoms with van der Waals surface area (Å²) >= 11 is 0. The Bertz CT molecular complexity index is 1130. The number of carbonyl (C=O) groups is 1. The number of carbonyl (C=O) groups excluding carboxylic acids is 1. The van der Waals surface area contributed by atoms with Crippen LogP contribution < -0.4 is 15.0 Å². The summed E-state index contributed by atoms with van der Waals surface area (Å²) in [6, 6.07) is 10.5. The van der Waals surface area contributed by atoms with Gasteiger partial charge in [0.25, 0.3) is 5.91 Å². The highest BCUT2D eigenvalue weighted by Gasteiger charge is 2.54. The summed E-state index contributed by atoms with van der Waals surface area (Å²) in [5, 5.41) is 9.27. The number of halogens is 4. The van der Waals surface area contributed by atoms with Gasteiger partial charge < -0.3 is 14.4 Å². The molecular formula is C22H24ClF3N2O6S. The van der Waals surface area contributed by atoms with E-state index in [1.165, 1.54) is 41.9 Å². The molecule has 1 saturated heterocycles. The van der Waals surface area contributed by atoms with E-state index in [9.17, 15) is 31.6 Å². The van der Waals surface area contributed by atoms with Crippen LogP contribution in [0, 0.1) is 0 Å². The largest absolute Gasteiger partial charge is 0.573 e. The minimum absolute atomic E-state index is 0. The molecule has 35 heavy (non-hydrogen) atoms. The molecule has 8 nitrogen and oxygen atoms in total. The molecule has 1 heterocycles. The molecule has 0 radical (unpaired) electrons. The molecular weight excluding hydrogens is 513 g/mol. The average molecular weight is 537 g/mol. The molecule has 192 valence electrons. The van der Waals surface area contributed by atoms with E-state index in [-0.39, 0.29) is 41.6 Å². The predicted molar refractivity (Wildman–Crippen MR) is 121 cm³/mol. The molecule has 0 unspecified atom stereocenters. The second-order valence-electron chi connectivity index (χ2n) is 8.30. The van der Waals surface area contributed by atoms with E-state index < -0.39 is 32.6 Å². The number of rotatable bonds is 7. The van der Waals surface area contributed by atoms with Gasteiger partial charge in [-0.15, -0.1) is 25.6 Å². The standard InChI is InChI=1S/C22H23F3N2O6S.ClH/c23-22(24,25)33-18-5-3-16(4-6-18)32-17-7-9-19(10-8-17)34(30,31)21(20(28)26-29)11-13-27(14-12-21)15-1-2-15;/h3-10,15,29H,1-2,11-14H2,(H,26,28);1H. The van der Waals surface area contributed by atoms with Crippen molar-refractivity contribution in [2.75, 3.05) is 13.1 Å². The lowest BCUT2D eigenvalue weighted by atomic mass is 9.94. The summed E-state index contributed by atoms with van der Waals surface area (Å²) in [5.41, 5.74) is 1.53. The summed E-state index contributed by atoms with van der Waals surface area (Å²) in [4.78, 5) is 14.6. The minimum atomic E-state index is -4.80. The maximum absolute atomic E-state index is 13.5. The Morgan fingerprint density at radius 1 is 0.971 bits per heavy atom. The molecule has 2 fully saturated rings. The normalized spacial score (nSPS) is 18.3. The first kappa shape index (κ1) is 27.1. The number of nitrogens with zero attached hydrogens (tertiary/aromatic N) is 1. The molecule has 1 amide bonds. The highest BCUT2D eigenvalue weighted by atomic mass is 35.5. The second kappa shape index (κ2) is 10.2. The minimum Gasteiger partial charge on any atom is -0.457 e. The van der Waals surface area contributed by atoms with Crippen LogP contribution in [0.2, 0.25) is 0 Å². The molecule has 0 atom stereocenters. The number of hydrogen-bond donors (Lipinski definition) is 2. The molecule has 0 spiro atoms. The van der Waals surface area contributed by atoms with Crippen LogP contribution in [-0.4, -0.2) is 54.7 Å². The van der Waals surface area contributed by atoms with Crippen LogP contribution in [0.4, 0.5) is 13.2 Å². The van der Waals surface area contributed by atoms with Gasteiger partial charge in [-0.05, 0) is 74.2 Å². The fraction of sp³-hybridized carbons (Fsp3) is 0.409. The van der Waals surface area contributed by atoms with Crippen LogP contribution in [0.5, 0.6) is 17.2 Å². The number of nitrogens with one attached hydrogen (secondary N) is 1. The molecule has 1 aliphatic carbocycles. The first-order valence-corrected chi connectivity index (χ1v) is 12.1. The molecule has 1 aliphatic heterocycles. The average Bonchev–Trinajstić information content (AvgIpc) is 3.65. The molecule has 13 heteroatoms. The molecule has 4 rings (SSSR count). The topological polar surface area (TPSA) is 105 Å². The highest BCUT2D eigenvalue weighted by Crippen LogP contribution is 2.39. The summed E-state index contributed by atoms with van der Waals surface area (Å²) in [5.74, 6) is -0.896. The van der Waals surface area contributed by atoms with Gasteiger partial charge >= 0.3 is 6.36 Å². The molecule has 0 aromatic heterocycles. The molecule has 0 bridgehead atoms. The van der Waals surface area contributed by atoms with Gasteiger partial charge in [0.05, 0.1) is 4.90 Å². The Morgan fingerprint density at radius 3 is 1.91 bits per heavy atom. The van der Waals surface area contributed by atoms with Crippen LogP contribution in [0.25, 0.3) is 0 Å². The van der Waals surface area contributed by atoms with Crippen LogP contribution in [-0.2, 0) is 14.6 Å². The van der Waals surface area contributed by atoms with Gasteiger partial charge in [-0.3, -0.25) is 10.0 Å². The third kappa shape index (κ3) is 5.83. The maximum Gasteiger partial charge on any atom is 0.573 e. The summed E-state index contributed by atoms with van der Waals surface area (Å²) in [6.07, 6.45) is -2.56. The van der Waals surface area contributed by atoms with Crippen molar-refractivity contribution in [1.29, 1.82) is 0 Å². The third-order valence-electron chi connectivity index (χ3n) is 6.13. The Morgan fingerprint density at radius 2 is 1.46 bits per heavy atom. The second-order valence-corrected chi connectivity index (χ2v) is 10.6. The van der Waals surface area contributed by atoms with Crippen molar-refractivity contribution >= 4 is 28.2 Å². The molecule has 2 aliphatic rings. The van der Waals surface area contributed by atoms with Gasteiger partial charge in [-0.1, -0.05) is 0 Å². The van der Waals surface area contributed by atoms with Gasteiger partial charge in [0.2, 0.25) is 0 Å². The third-order valence-corrected chi connectivity index (χ3v) is 8.64. The number of likely N-dealkylation sites (tertiary alicyclic amines) is 1. The Balaban J connectivity index is 0.00000342. The zero-order valence-electron chi connectivity index (χ0n) is 18.3.